The standard InChI is InChI=1S/C22H25NO6/c1-6-17(21(25)26)23-18(24)8-7-14-11(3)16-9-15-10(2)13(5)28-19(15)12(4)20(16)29-22(14)27/h9,17H,6-8H2,1-5H3,(H,23,24)(H,25,26). The molecule has 0 fully saturated rings. The first-order valence-electron chi connectivity index (χ1n) is 9.63. The van der Waals surface area contributed by atoms with Gasteiger partial charge in [0.15, 0.2) is 0 Å². The van der Waals surface area contributed by atoms with Gasteiger partial charge in [0.1, 0.15) is 23.0 Å². The maximum atomic E-state index is 12.6. The lowest BCUT2D eigenvalue weighted by atomic mass is 9.98. The van der Waals surface area contributed by atoms with Gasteiger partial charge in [0.2, 0.25) is 5.91 Å². The van der Waals surface area contributed by atoms with Crippen molar-refractivity contribution in [3.8, 4) is 0 Å². The number of benzene rings is 1. The summed E-state index contributed by atoms with van der Waals surface area (Å²) in [7, 11) is 0. The predicted molar refractivity (Wildman–Crippen MR) is 109 cm³/mol. The summed E-state index contributed by atoms with van der Waals surface area (Å²) in [6.45, 7) is 9.27. The number of aliphatic carboxylic acids is 1. The molecule has 1 amide bonds. The third-order valence-electron chi connectivity index (χ3n) is 5.59. The molecule has 29 heavy (non-hydrogen) atoms. The number of nitrogens with one attached hydrogen (secondary N) is 1. The average molecular weight is 399 g/mol. The van der Waals surface area contributed by atoms with Gasteiger partial charge in [-0.3, -0.25) is 4.79 Å². The fourth-order valence-electron chi connectivity index (χ4n) is 3.62. The van der Waals surface area contributed by atoms with E-state index in [9.17, 15) is 14.4 Å². The van der Waals surface area contributed by atoms with E-state index in [1.165, 1.54) is 0 Å². The van der Waals surface area contributed by atoms with Crippen molar-refractivity contribution in [2.45, 2.75) is 59.9 Å². The maximum absolute atomic E-state index is 12.6. The largest absolute Gasteiger partial charge is 0.480 e. The van der Waals surface area contributed by atoms with Gasteiger partial charge in [-0.05, 0) is 57.7 Å². The zero-order valence-corrected chi connectivity index (χ0v) is 17.3. The van der Waals surface area contributed by atoms with Gasteiger partial charge >= 0.3 is 11.6 Å². The van der Waals surface area contributed by atoms with Crippen molar-refractivity contribution in [1.29, 1.82) is 0 Å². The molecule has 0 aliphatic rings. The van der Waals surface area contributed by atoms with E-state index in [4.69, 9.17) is 13.9 Å². The van der Waals surface area contributed by atoms with Crippen LogP contribution in [-0.2, 0) is 16.0 Å². The molecule has 0 aliphatic carbocycles. The second kappa shape index (κ2) is 7.73. The van der Waals surface area contributed by atoms with E-state index in [0.717, 1.165) is 33.2 Å². The Kier molecular flexibility index (Phi) is 5.50. The third-order valence-corrected chi connectivity index (χ3v) is 5.59. The van der Waals surface area contributed by atoms with Gasteiger partial charge in [-0.25, -0.2) is 9.59 Å². The molecule has 2 aromatic heterocycles. The van der Waals surface area contributed by atoms with Gasteiger partial charge in [0.05, 0.1) is 0 Å². The number of hydrogen-bond donors (Lipinski definition) is 2. The molecular formula is C22H25NO6. The normalized spacial score (nSPS) is 12.4. The monoisotopic (exact) mass is 399 g/mol. The van der Waals surface area contributed by atoms with Crippen LogP contribution in [-0.4, -0.2) is 23.0 Å². The van der Waals surface area contributed by atoms with E-state index < -0.39 is 23.5 Å². The van der Waals surface area contributed by atoms with Crippen LogP contribution in [0.5, 0.6) is 0 Å². The van der Waals surface area contributed by atoms with Gasteiger partial charge in [-0.1, -0.05) is 6.92 Å². The van der Waals surface area contributed by atoms with Crippen LogP contribution in [0.2, 0.25) is 0 Å². The van der Waals surface area contributed by atoms with E-state index in [1.807, 2.05) is 33.8 Å². The summed E-state index contributed by atoms with van der Waals surface area (Å²) in [4.78, 5) is 35.8. The van der Waals surface area contributed by atoms with Crippen molar-refractivity contribution in [1.82, 2.24) is 5.32 Å². The highest BCUT2D eigenvalue weighted by molar-refractivity contribution is 6.00. The summed E-state index contributed by atoms with van der Waals surface area (Å²) in [5, 5.41) is 13.3. The van der Waals surface area contributed by atoms with E-state index in [-0.39, 0.29) is 19.3 Å². The van der Waals surface area contributed by atoms with Crippen LogP contribution in [0.3, 0.4) is 0 Å². The van der Waals surface area contributed by atoms with Crippen LogP contribution in [0, 0.1) is 27.7 Å². The first-order valence-corrected chi connectivity index (χ1v) is 9.63. The quantitative estimate of drug-likeness (QED) is 0.612. The minimum atomic E-state index is -1.08. The lowest BCUT2D eigenvalue weighted by Crippen LogP contribution is -2.40. The van der Waals surface area contributed by atoms with Gasteiger partial charge in [-0.2, -0.15) is 0 Å². The lowest BCUT2D eigenvalue weighted by Gasteiger charge is -2.13. The van der Waals surface area contributed by atoms with E-state index in [1.54, 1.807) is 6.92 Å². The summed E-state index contributed by atoms with van der Waals surface area (Å²) < 4.78 is 11.4. The number of rotatable bonds is 6. The Morgan fingerprint density at radius 3 is 2.28 bits per heavy atom. The number of furan rings is 1. The predicted octanol–water partition coefficient (Wildman–Crippen LogP) is 3.68. The highest BCUT2D eigenvalue weighted by Crippen LogP contribution is 2.34. The van der Waals surface area contributed by atoms with Gasteiger partial charge in [0.25, 0.3) is 0 Å². The van der Waals surface area contributed by atoms with Crippen LogP contribution in [0.15, 0.2) is 19.7 Å². The molecule has 2 N–H and O–H groups in total. The Labute approximate surface area is 167 Å². The summed E-state index contributed by atoms with van der Waals surface area (Å²) >= 11 is 0. The number of hydrogen-bond acceptors (Lipinski definition) is 5. The molecule has 0 spiro atoms. The number of amides is 1. The molecule has 2 heterocycles. The molecular weight excluding hydrogens is 374 g/mol. The molecule has 0 saturated heterocycles. The smallest absolute Gasteiger partial charge is 0.339 e. The van der Waals surface area contributed by atoms with Crippen LogP contribution in [0.1, 0.15) is 47.8 Å². The molecule has 3 aromatic rings. The number of carboxylic acids is 1. The molecule has 3 rings (SSSR count). The molecule has 7 heteroatoms. The summed E-state index contributed by atoms with van der Waals surface area (Å²) in [6.07, 6.45) is 0.468. The zero-order chi connectivity index (χ0) is 21.5. The minimum Gasteiger partial charge on any atom is -0.480 e. The zero-order valence-electron chi connectivity index (χ0n) is 17.3. The Morgan fingerprint density at radius 2 is 1.66 bits per heavy atom. The topological polar surface area (TPSA) is 110 Å². The van der Waals surface area contributed by atoms with Gasteiger partial charge in [0, 0.05) is 28.3 Å². The Balaban J connectivity index is 1.98. The molecule has 1 unspecified atom stereocenters. The van der Waals surface area contributed by atoms with Crippen LogP contribution < -0.4 is 10.9 Å². The molecule has 0 bridgehead atoms. The number of carbonyl (C=O) groups is 2. The first-order chi connectivity index (χ1) is 13.6. The lowest BCUT2D eigenvalue weighted by molar-refractivity contribution is -0.141. The summed E-state index contributed by atoms with van der Waals surface area (Å²) in [5.41, 5.74) is 3.70. The molecule has 0 saturated carbocycles. The molecule has 0 aliphatic heterocycles. The average Bonchev–Trinajstić information content (AvgIpc) is 2.95. The molecule has 1 atom stereocenters. The highest BCUT2D eigenvalue weighted by Gasteiger charge is 2.21. The maximum Gasteiger partial charge on any atom is 0.339 e. The SMILES string of the molecule is CCC(NC(=O)CCc1c(C)c2cc3c(C)c(C)oc3c(C)c2oc1=O)C(=O)O. The number of aryl methyl sites for hydroxylation is 4. The Bertz CT molecular complexity index is 1180. The molecule has 7 nitrogen and oxygen atoms in total. The highest BCUT2D eigenvalue weighted by atomic mass is 16.4. The fourth-order valence-corrected chi connectivity index (χ4v) is 3.62. The van der Waals surface area contributed by atoms with Crippen molar-refractivity contribution in [2.24, 2.45) is 0 Å². The van der Waals surface area contributed by atoms with Crippen LogP contribution in [0.25, 0.3) is 21.9 Å². The molecule has 154 valence electrons. The summed E-state index contributed by atoms with van der Waals surface area (Å²) in [5.74, 6) is -0.669. The number of carbonyl (C=O) groups excluding carboxylic acids is 1. The van der Waals surface area contributed by atoms with Gasteiger partial charge < -0.3 is 19.3 Å². The Morgan fingerprint density at radius 1 is 1.03 bits per heavy atom. The van der Waals surface area contributed by atoms with E-state index >= 15 is 0 Å². The third kappa shape index (κ3) is 3.64. The number of fused-ring (bicyclic) bond motifs is 2. The van der Waals surface area contributed by atoms with Crippen molar-refractivity contribution in [3.05, 3.63) is 44.5 Å². The van der Waals surface area contributed by atoms with Crippen molar-refractivity contribution in [2.75, 3.05) is 0 Å². The minimum absolute atomic E-state index is 0.00591. The van der Waals surface area contributed by atoms with Crippen LogP contribution >= 0.6 is 0 Å². The van der Waals surface area contributed by atoms with Crippen molar-refractivity contribution >= 4 is 33.8 Å². The second-order valence-electron chi connectivity index (χ2n) is 7.40. The van der Waals surface area contributed by atoms with Gasteiger partial charge in [-0.15, -0.1) is 0 Å². The van der Waals surface area contributed by atoms with Crippen LogP contribution in [0.4, 0.5) is 0 Å². The van der Waals surface area contributed by atoms with E-state index in [0.29, 0.717) is 16.7 Å². The first kappa shape index (κ1) is 20.6. The molecule has 0 radical (unpaired) electrons. The van der Waals surface area contributed by atoms with E-state index in [2.05, 4.69) is 5.32 Å². The number of carboxylic acid groups (broad SMARTS) is 1. The Hall–Kier alpha value is -3.09. The summed E-state index contributed by atoms with van der Waals surface area (Å²) in [6, 6.07) is 1.03. The fraction of sp³-hybridized carbons (Fsp3) is 0.409. The van der Waals surface area contributed by atoms with Crippen molar-refractivity contribution in [3.63, 3.8) is 0 Å². The molecule has 1 aromatic carbocycles. The second-order valence-corrected chi connectivity index (χ2v) is 7.40. The van der Waals surface area contributed by atoms with Crippen molar-refractivity contribution < 1.29 is 23.5 Å².